The Morgan fingerprint density at radius 3 is 0.813 bits per heavy atom. The van der Waals surface area contributed by atoms with Crippen molar-refractivity contribution in [2.75, 3.05) is 22.9 Å². The summed E-state index contributed by atoms with van der Waals surface area (Å²) < 4.78 is 202. The number of carboxylic acid groups (broad SMARTS) is 1. The molecule has 16 N–H and O–H groups in total. The SMILES string of the molecule is C.CC(=O)c1c(N)c(C(C)C(F)(F)F)nn1-c1ccc(CN)cc1.CC(=O)c1c(N)c(C(C)C(F)(F)F)nn1-c1ccc(CNC(=O)c2cc(F)ccc2C)cc1.Cc1ccc(F)cc1C(=O)NCc1ccc(-n2nc(C(C)C(F)(F)F)c(N)c2C(=O)O)cc1.Cc1ccc(F)cc1C(=O)NCc1ccc(-n2nc(C(C)C(F)(F)F)c(N)c2C(N)=O)cc1. The van der Waals surface area contributed by atoms with E-state index in [-0.39, 0.29) is 89.3 Å². The molecular formula is C83H84F15N17O8. The fraction of sp³-hybridized carbons (Fsp3) is 0.265. The predicted molar refractivity (Wildman–Crippen MR) is 427 cm³/mol. The van der Waals surface area contributed by atoms with E-state index in [1.54, 1.807) is 93.6 Å². The molecule has 4 aromatic heterocycles. The van der Waals surface area contributed by atoms with Crippen molar-refractivity contribution in [2.45, 2.75) is 144 Å². The van der Waals surface area contributed by atoms with Crippen molar-refractivity contribution < 1.29 is 105 Å². The molecule has 0 saturated heterocycles. The minimum atomic E-state index is -4.65. The number of hydrogen-bond acceptors (Lipinski definition) is 16. The van der Waals surface area contributed by atoms with Gasteiger partial charge in [-0.05, 0) is 172 Å². The van der Waals surface area contributed by atoms with Crippen molar-refractivity contribution in [1.82, 2.24) is 55.1 Å². The minimum Gasteiger partial charge on any atom is -0.476 e. The second-order valence-electron chi connectivity index (χ2n) is 27.9. The quantitative estimate of drug-likeness (QED) is 0.0222. The number of amides is 4. The van der Waals surface area contributed by atoms with Crippen LogP contribution in [0.1, 0.15) is 207 Å². The molecule has 123 heavy (non-hydrogen) atoms. The number of aromatic nitrogens is 8. The lowest BCUT2D eigenvalue weighted by Crippen LogP contribution is -2.23. The van der Waals surface area contributed by atoms with E-state index in [4.69, 9.17) is 34.4 Å². The first-order valence-electron chi connectivity index (χ1n) is 36.4. The van der Waals surface area contributed by atoms with Crippen LogP contribution < -0.4 is 50.4 Å². The van der Waals surface area contributed by atoms with Gasteiger partial charge in [0, 0.05) is 56.7 Å². The summed E-state index contributed by atoms with van der Waals surface area (Å²) in [6.45, 7) is 11.8. The van der Waals surface area contributed by atoms with E-state index in [9.17, 15) is 105 Å². The number of Topliss-reactive ketones (excluding diaryl/α,β-unsaturated/α-hetero) is 2. The average Bonchev–Trinajstić information content (AvgIpc) is 1.64. The highest BCUT2D eigenvalue weighted by Gasteiger charge is 2.45. The number of halogens is 15. The van der Waals surface area contributed by atoms with Crippen LogP contribution in [0.3, 0.4) is 0 Å². The number of alkyl halides is 12. The number of nitrogens with one attached hydrogen (secondary N) is 3. The Morgan fingerprint density at radius 2 is 0.593 bits per heavy atom. The molecule has 7 aromatic carbocycles. The molecule has 0 radical (unpaired) electrons. The summed E-state index contributed by atoms with van der Waals surface area (Å²) in [7, 11) is 0. The van der Waals surface area contributed by atoms with Gasteiger partial charge in [0.2, 0.25) is 0 Å². The Balaban J connectivity index is 0.000000227. The third-order valence-corrected chi connectivity index (χ3v) is 19.2. The highest BCUT2D eigenvalue weighted by atomic mass is 19.4. The Kier molecular flexibility index (Phi) is 30.7. The van der Waals surface area contributed by atoms with Gasteiger partial charge in [0.25, 0.3) is 23.6 Å². The number of nitrogens with zero attached hydrogens (tertiary/aromatic N) is 8. The van der Waals surface area contributed by atoms with E-state index in [0.717, 1.165) is 70.2 Å². The van der Waals surface area contributed by atoms with E-state index < -0.39 is 141 Å². The van der Waals surface area contributed by atoms with E-state index in [1.165, 1.54) is 74.5 Å². The van der Waals surface area contributed by atoms with Crippen molar-refractivity contribution in [3.8, 4) is 22.7 Å². The van der Waals surface area contributed by atoms with Gasteiger partial charge in [0.15, 0.2) is 23.0 Å². The van der Waals surface area contributed by atoms with Crippen LogP contribution in [0, 0.1) is 38.2 Å². The number of nitrogens with two attached hydrogens (primary N) is 6. The van der Waals surface area contributed by atoms with Crippen LogP contribution in [0.4, 0.5) is 88.6 Å². The van der Waals surface area contributed by atoms with Gasteiger partial charge < -0.3 is 55.5 Å². The van der Waals surface area contributed by atoms with Crippen molar-refractivity contribution >= 4 is 63.9 Å². The van der Waals surface area contributed by atoms with E-state index in [0.29, 0.717) is 51.3 Å². The molecule has 654 valence electrons. The fourth-order valence-corrected chi connectivity index (χ4v) is 11.9. The maximum atomic E-state index is 13.4. The number of anilines is 4. The van der Waals surface area contributed by atoms with Crippen LogP contribution in [0.2, 0.25) is 0 Å². The maximum Gasteiger partial charge on any atom is 0.397 e. The standard InChI is InChI=1S/C23H22F4N4O2.C22H21F4N5O2.C22H20F4N4O3.C15H17F3N4O.CH4/c1-12-4-7-16(24)10-18(12)22(33)29-11-15-5-8-17(9-6-15)31-21(14(3)32)19(28)20(30-31)13(2)23(25,26)27;1-11-3-6-14(23)9-16(11)21(33)29-10-13-4-7-15(8-5-13)31-19(20(28)32)17(27)18(30-31)12(2)22(24,25)26;1-11-3-6-14(23)9-16(11)20(31)28-10-13-4-7-15(8-5-13)30-19(21(32)33)17(27)18(29-30)12(2)22(24,25)26;1-8(15(16,17)18)13-12(20)14(9(2)23)22(21-13)11-5-3-10(7-19)4-6-11;/h4-10,13H,11,28H2,1-3H3,(H,29,33);3-9,12H,10,27H2,1-2H3,(H2,28,32)(H,29,33);3-9,12H,10,27H2,1-2H3,(H,28,31)(H,32,33);3-6,8H,7,19-20H2,1-2H3;1H4. The highest BCUT2D eigenvalue weighted by molar-refractivity contribution is 6.01. The average molecular weight is 1730 g/mol. The normalized spacial score (nSPS) is 12.5. The van der Waals surface area contributed by atoms with Gasteiger partial charge in [0.05, 0.1) is 91.9 Å². The number of carboxylic acids is 1. The number of carbonyl (C=O) groups is 7. The van der Waals surface area contributed by atoms with Crippen molar-refractivity contribution in [3.05, 3.63) is 270 Å². The Morgan fingerprint density at radius 1 is 0.374 bits per heavy atom. The second-order valence-corrected chi connectivity index (χ2v) is 27.9. The summed E-state index contributed by atoms with van der Waals surface area (Å²) in [4.78, 5) is 84.4. The molecule has 11 rings (SSSR count). The summed E-state index contributed by atoms with van der Waals surface area (Å²) in [5, 5.41) is 33.1. The maximum absolute atomic E-state index is 13.4. The molecule has 0 spiro atoms. The van der Waals surface area contributed by atoms with Crippen LogP contribution in [0.25, 0.3) is 22.7 Å². The Bertz CT molecular complexity index is 5250. The number of aromatic carboxylic acids is 1. The van der Waals surface area contributed by atoms with Gasteiger partial charge in [-0.25, -0.2) is 36.7 Å². The molecule has 0 aliphatic heterocycles. The molecule has 4 unspecified atom stereocenters. The summed E-state index contributed by atoms with van der Waals surface area (Å²) >= 11 is 0. The fourth-order valence-electron chi connectivity index (χ4n) is 11.9. The number of ketones is 2. The van der Waals surface area contributed by atoms with Crippen LogP contribution in [-0.2, 0) is 26.2 Å². The molecule has 0 saturated carbocycles. The minimum absolute atomic E-state index is 0. The van der Waals surface area contributed by atoms with Gasteiger partial charge in [-0.3, -0.25) is 28.8 Å². The predicted octanol–water partition coefficient (Wildman–Crippen LogP) is 15.9. The monoisotopic (exact) mass is 1730 g/mol. The van der Waals surface area contributed by atoms with Crippen LogP contribution in [0.5, 0.6) is 0 Å². The largest absolute Gasteiger partial charge is 0.476 e. The van der Waals surface area contributed by atoms with Crippen LogP contribution in [-0.4, -0.2) is 110 Å². The number of benzene rings is 7. The molecule has 0 aliphatic carbocycles. The molecule has 0 bridgehead atoms. The molecular weight excluding hydrogens is 1650 g/mol. The smallest absolute Gasteiger partial charge is 0.397 e. The lowest BCUT2D eigenvalue weighted by Gasteiger charge is -2.13. The number of rotatable bonds is 22. The number of aryl methyl sites for hydroxylation is 3. The molecule has 4 atom stereocenters. The lowest BCUT2D eigenvalue weighted by atomic mass is 10.1. The molecule has 4 amide bonds. The Labute approximate surface area is 692 Å². The zero-order valence-corrected chi connectivity index (χ0v) is 66.1. The number of nitrogen functional groups attached to an aromatic ring is 4. The summed E-state index contributed by atoms with van der Waals surface area (Å²) in [5.74, 6) is -14.4. The Hall–Kier alpha value is -13.8. The number of primary amides is 1. The van der Waals surface area contributed by atoms with Gasteiger partial charge in [-0.1, -0.05) is 74.2 Å². The van der Waals surface area contributed by atoms with Crippen LogP contribution >= 0.6 is 0 Å². The molecule has 40 heteroatoms. The third-order valence-electron chi connectivity index (χ3n) is 19.2. The summed E-state index contributed by atoms with van der Waals surface area (Å²) in [6.07, 6.45) is -18.3. The summed E-state index contributed by atoms with van der Waals surface area (Å²) in [5.41, 5.74) is 35.8. The zero-order valence-electron chi connectivity index (χ0n) is 66.1. The highest BCUT2D eigenvalue weighted by Crippen LogP contribution is 2.43. The molecule has 0 aliphatic rings. The van der Waals surface area contributed by atoms with Crippen molar-refractivity contribution in [1.29, 1.82) is 0 Å². The van der Waals surface area contributed by atoms with Crippen LogP contribution in [0.15, 0.2) is 152 Å². The number of hydrogen-bond donors (Lipinski definition) is 10. The van der Waals surface area contributed by atoms with E-state index in [2.05, 4.69) is 36.3 Å². The third kappa shape index (κ3) is 23.0. The van der Waals surface area contributed by atoms with Crippen molar-refractivity contribution in [2.24, 2.45) is 11.5 Å². The van der Waals surface area contributed by atoms with E-state index in [1.807, 2.05) is 0 Å². The lowest BCUT2D eigenvalue weighted by molar-refractivity contribution is -0.147. The second kappa shape index (κ2) is 39.1. The molecule has 11 aromatic rings. The first-order chi connectivity index (χ1) is 56.9. The zero-order chi connectivity index (χ0) is 90.9. The molecule has 25 nitrogen and oxygen atoms in total. The topological polar surface area (TPSA) is 403 Å². The summed E-state index contributed by atoms with van der Waals surface area (Å²) in [6, 6.07) is 36.9. The first kappa shape index (κ1) is 96.3. The van der Waals surface area contributed by atoms with Gasteiger partial charge in [-0.2, -0.15) is 73.1 Å². The van der Waals surface area contributed by atoms with Gasteiger partial charge >= 0.3 is 30.7 Å². The molecule has 0 fully saturated rings. The van der Waals surface area contributed by atoms with Gasteiger partial charge in [0.1, 0.15) is 28.8 Å². The number of carbonyl (C=O) groups excluding carboxylic acids is 6. The first-order valence-corrected chi connectivity index (χ1v) is 36.4. The van der Waals surface area contributed by atoms with Gasteiger partial charge in [-0.15, -0.1) is 0 Å². The van der Waals surface area contributed by atoms with Crippen molar-refractivity contribution in [3.63, 3.8) is 0 Å². The van der Waals surface area contributed by atoms with E-state index >= 15 is 0 Å². The molecule has 4 heterocycles.